The van der Waals surface area contributed by atoms with E-state index in [1.165, 1.54) is 5.56 Å². The molecule has 3 nitrogen and oxygen atoms in total. The van der Waals surface area contributed by atoms with Crippen LogP contribution in [-0.4, -0.2) is 32.9 Å². The Balaban J connectivity index is 2.61. The van der Waals surface area contributed by atoms with E-state index in [1.807, 2.05) is 12.1 Å². The van der Waals surface area contributed by atoms with E-state index in [9.17, 15) is 9.32 Å². The molecule has 0 aromatic heterocycles. The highest BCUT2D eigenvalue weighted by atomic mass is 32.2. The van der Waals surface area contributed by atoms with Crippen LogP contribution in [-0.2, 0) is 22.0 Å². The second-order valence-electron chi connectivity index (χ2n) is 5.53. The molecule has 2 N–H and O–H groups in total. The van der Waals surface area contributed by atoms with Crippen LogP contribution in [0.4, 0.5) is 0 Å². The van der Waals surface area contributed by atoms with Gasteiger partial charge in [0.1, 0.15) is 0 Å². The van der Waals surface area contributed by atoms with Crippen molar-refractivity contribution >= 4 is 10.8 Å². The molecule has 1 aromatic carbocycles. The standard InChI is InChI=1S/C14H22O3S/c1-14(2,3)12-6-4-11(5-7-12)9-18(17)10-13(16)8-15/h4-7,13,15-16H,8-10H2,1-3H3/t13-,18-/m1/s1. The summed E-state index contributed by atoms with van der Waals surface area (Å²) in [7, 11) is -1.14. The number of aliphatic hydroxyl groups is 2. The van der Waals surface area contributed by atoms with Crippen LogP contribution in [0.25, 0.3) is 0 Å². The summed E-state index contributed by atoms with van der Waals surface area (Å²) in [4.78, 5) is 0. The van der Waals surface area contributed by atoms with Gasteiger partial charge in [0, 0.05) is 16.6 Å². The summed E-state index contributed by atoms with van der Waals surface area (Å²) >= 11 is 0. The van der Waals surface area contributed by atoms with Crippen molar-refractivity contribution in [1.29, 1.82) is 0 Å². The van der Waals surface area contributed by atoms with E-state index >= 15 is 0 Å². The molecule has 0 aliphatic carbocycles. The maximum Gasteiger partial charge on any atom is 0.0885 e. The van der Waals surface area contributed by atoms with Gasteiger partial charge in [-0.15, -0.1) is 0 Å². The lowest BCUT2D eigenvalue weighted by atomic mass is 9.87. The molecule has 102 valence electrons. The first-order valence-corrected chi connectivity index (χ1v) is 7.55. The van der Waals surface area contributed by atoms with Gasteiger partial charge in [-0.2, -0.15) is 0 Å². The van der Waals surface area contributed by atoms with E-state index in [1.54, 1.807) is 0 Å². The van der Waals surface area contributed by atoms with E-state index in [2.05, 4.69) is 32.9 Å². The van der Waals surface area contributed by atoms with Crippen LogP contribution in [0.2, 0.25) is 0 Å². The van der Waals surface area contributed by atoms with Gasteiger partial charge in [-0.1, -0.05) is 45.0 Å². The van der Waals surface area contributed by atoms with Crippen LogP contribution in [0.3, 0.4) is 0 Å². The molecular formula is C14H22O3S. The highest BCUT2D eigenvalue weighted by Gasteiger charge is 2.13. The molecule has 0 amide bonds. The smallest absolute Gasteiger partial charge is 0.0885 e. The summed E-state index contributed by atoms with van der Waals surface area (Å²) in [6, 6.07) is 8.05. The predicted molar refractivity (Wildman–Crippen MR) is 74.9 cm³/mol. The van der Waals surface area contributed by atoms with Gasteiger partial charge in [-0.05, 0) is 16.5 Å². The van der Waals surface area contributed by atoms with Crippen LogP contribution in [0.1, 0.15) is 31.9 Å². The molecule has 0 bridgehead atoms. The quantitative estimate of drug-likeness (QED) is 0.854. The average molecular weight is 270 g/mol. The third kappa shape index (κ3) is 4.88. The molecule has 0 heterocycles. The minimum absolute atomic E-state index is 0.116. The number of hydrogen-bond acceptors (Lipinski definition) is 3. The minimum Gasteiger partial charge on any atom is -0.394 e. The highest BCUT2D eigenvalue weighted by molar-refractivity contribution is 7.84. The van der Waals surface area contributed by atoms with Gasteiger partial charge in [0.15, 0.2) is 0 Å². The SMILES string of the molecule is CC(C)(C)c1ccc(C[S@@](=O)C[C@H](O)CO)cc1. The topological polar surface area (TPSA) is 57.5 Å². The third-order valence-electron chi connectivity index (χ3n) is 2.74. The van der Waals surface area contributed by atoms with Crippen LogP contribution < -0.4 is 0 Å². The second kappa shape index (κ2) is 6.45. The molecule has 0 aliphatic heterocycles. The van der Waals surface area contributed by atoms with Crippen LogP contribution in [0.5, 0.6) is 0 Å². The Hall–Kier alpha value is -0.710. The Morgan fingerprint density at radius 2 is 1.78 bits per heavy atom. The van der Waals surface area contributed by atoms with Gasteiger partial charge >= 0.3 is 0 Å². The number of rotatable bonds is 5. The summed E-state index contributed by atoms with van der Waals surface area (Å²) in [5.41, 5.74) is 2.35. The van der Waals surface area contributed by atoms with E-state index in [-0.39, 0.29) is 17.8 Å². The summed E-state index contributed by atoms with van der Waals surface area (Å²) in [5.74, 6) is 0.541. The molecule has 2 atom stereocenters. The maximum absolute atomic E-state index is 11.7. The van der Waals surface area contributed by atoms with Crippen molar-refractivity contribution in [3.8, 4) is 0 Å². The van der Waals surface area contributed by atoms with E-state index in [4.69, 9.17) is 5.11 Å². The fourth-order valence-electron chi connectivity index (χ4n) is 1.61. The van der Waals surface area contributed by atoms with Crippen molar-refractivity contribution in [2.75, 3.05) is 12.4 Å². The zero-order chi connectivity index (χ0) is 13.8. The molecule has 4 heteroatoms. The number of aliphatic hydroxyl groups excluding tert-OH is 2. The first kappa shape index (κ1) is 15.3. The van der Waals surface area contributed by atoms with Crippen molar-refractivity contribution in [2.24, 2.45) is 0 Å². The molecule has 0 radical (unpaired) electrons. The maximum atomic E-state index is 11.7. The molecule has 0 unspecified atom stereocenters. The Morgan fingerprint density at radius 1 is 1.22 bits per heavy atom. The summed E-state index contributed by atoms with van der Waals surface area (Å²) in [6.45, 7) is 6.11. The zero-order valence-corrected chi connectivity index (χ0v) is 12.0. The van der Waals surface area contributed by atoms with Crippen molar-refractivity contribution < 1.29 is 14.4 Å². The first-order valence-electron chi connectivity index (χ1n) is 6.06. The molecule has 0 spiro atoms. The monoisotopic (exact) mass is 270 g/mol. The molecule has 0 aliphatic rings. The first-order chi connectivity index (χ1) is 8.32. The van der Waals surface area contributed by atoms with Gasteiger partial charge in [0.05, 0.1) is 18.5 Å². The van der Waals surface area contributed by atoms with Crippen molar-refractivity contribution in [3.05, 3.63) is 35.4 Å². The van der Waals surface area contributed by atoms with Crippen molar-refractivity contribution in [3.63, 3.8) is 0 Å². The largest absolute Gasteiger partial charge is 0.394 e. The lowest BCUT2D eigenvalue weighted by Gasteiger charge is -2.19. The van der Waals surface area contributed by atoms with Gasteiger partial charge in [0.25, 0.3) is 0 Å². The lowest BCUT2D eigenvalue weighted by molar-refractivity contribution is 0.113. The Morgan fingerprint density at radius 3 is 2.22 bits per heavy atom. The average Bonchev–Trinajstić information content (AvgIpc) is 2.28. The normalized spacial score (nSPS) is 15.4. The number of benzene rings is 1. The molecule has 1 rings (SSSR count). The van der Waals surface area contributed by atoms with Gasteiger partial charge in [-0.25, -0.2) is 0 Å². The third-order valence-corrected chi connectivity index (χ3v) is 4.15. The van der Waals surface area contributed by atoms with Gasteiger partial charge in [-0.3, -0.25) is 4.21 Å². The molecule has 0 saturated carbocycles. The summed E-state index contributed by atoms with van der Waals surface area (Å²) < 4.78 is 11.7. The number of hydrogen-bond donors (Lipinski definition) is 2. The molecule has 0 fully saturated rings. The Bertz CT molecular complexity index is 392. The van der Waals surface area contributed by atoms with Gasteiger partial charge in [0.2, 0.25) is 0 Å². The van der Waals surface area contributed by atoms with Crippen molar-refractivity contribution in [1.82, 2.24) is 0 Å². The molecule has 1 aromatic rings. The van der Waals surface area contributed by atoms with Crippen LogP contribution in [0, 0.1) is 0 Å². The molecule has 0 saturated heterocycles. The summed E-state index contributed by atoms with van der Waals surface area (Å²) in [5, 5.41) is 17.9. The predicted octanol–water partition coefficient (Wildman–Crippen LogP) is 1.59. The fourth-order valence-corrected chi connectivity index (χ4v) is 2.83. The molecular weight excluding hydrogens is 248 g/mol. The molecule has 18 heavy (non-hydrogen) atoms. The Labute approximate surface area is 111 Å². The fraction of sp³-hybridized carbons (Fsp3) is 0.571. The van der Waals surface area contributed by atoms with E-state index < -0.39 is 16.9 Å². The summed E-state index contributed by atoms with van der Waals surface area (Å²) in [6.07, 6.45) is -0.889. The van der Waals surface area contributed by atoms with Gasteiger partial charge < -0.3 is 10.2 Å². The lowest BCUT2D eigenvalue weighted by Crippen LogP contribution is -2.21. The second-order valence-corrected chi connectivity index (χ2v) is 7.04. The zero-order valence-electron chi connectivity index (χ0n) is 11.2. The minimum atomic E-state index is -1.14. The Kier molecular flexibility index (Phi) is 5.50. The van der Waals surface area contributed by atoms with E-state index in [0.29, 0.717) is 5.75 Å². The highest BCUT2D eigenvalue weighted by Crippen LogP contribution is 2.22. The van der Waals surface area contributed by atoms with Crippen LogP contribution >= 0.6 is 0 Å². The van der Waals surface area contributed by atoms with E-state index in [0.717, 1.165) is 5.56 Å². The van der Waals surface area contributed by atoms with Crippen LogP contribution in [0.15, 0.2) is 24.3 Å². The van der Waals surface area contributed by atoms with Crippen molar-refractivity contribution in [2.45, 2.75) is 38.0 Å².